The molecule has 1 aromatic heterocycles. The summed E-state index contributed by atoms with van der Waals surface area (Å²) in [4.78, 5) is 22.5. The van der Waals surface area contributed by atoms with Gasteiger partial charge in [0, 0.05) is 18.3 Å². The first-order chi connectivity index (χ1) is 8.85. The van der Waals surface area contributed by atoms with Crippen molar-refractivity contribution in [1.29, 1.82) is 0 Å². The number of hydrazine groups is 1. The van der Waals surface area contributed by atoms with Crippen molar-refractivity contribution >= 4 is 11.9 Å². The first-order valence-corrected chi connectivity index (χ1v) is 6.48. The van der Waals surface area contributed by atoms with Crippen LogP contribution in [0.3, 0.4) is 0 Å². The summed E-state index contributed by atoms with van der Waals surface area (Å²) < 4.78 is 0. The first kappa shape index (κ1) is 15.4. The van der Waals surface area contributed by atoms with Crippen LogP contribution in [-0.4, -0.2) is 33.4 Å². The summed E-state index contributed by atoms with van der Waals surface area (Å²) in [6, 6.07) is 1.80. The van der Waals surface area contributed by atoms with Crippen LogP contribution in [0.5, 0.6) is 0 Å². The first-order valence-electron chi connectivity index (χ1n) is 6.48. The zero-order chi connectivity index (χ0) is 14.6. The minimum Gasteiger partial charge on any atom is -0.335 e. The molecule has 1 heterocycles. The molecule has 19 heavy (non-hydrogen) atoms. The number of carbonyl (C=O) groups excluding carboxylic acids is 1. The van der Waals surface area contributed by atoms with Gasteiger partial charge in [0.15, 0.2) is 0 Å². The second-order valence-electron chi connectivity index (χ2n) is 5.31. The third kappa shape index (κ3) is 4.17. The normalized spacial score (nSPS) is 10.9. The van der Waals surface area contributed by atoms with Gasteiger partial charge < -0.3 is 4.90 Å². The zero-order valence-electron chi connectivity index (χ0n) is 12.3. The van der Waals surface area contributed by atoms with E-state index < -0.39 is 0 Å². The lowest BCUT2D eigenvalue weighted by Gasteiger charge is -2.28. The standard InChI is InChI=1S/C13H23N5O/c1-8(2)7-18(9(3)4)12(19)11-6-10(5)15-13(16-11)17-14/h6,8-9H,7,14H2,1-5H3,(H,15,16,17). The molecule has 1 rings (SSSR count). The van der Waals surface area contributed by atoms with Crippen molar-refractivity contribution in [3.8, 4) is 0 Å². The Bertz CT molecular complexity index is 445. The van der Waals surface area contributed by atoms with Crippen LogP contribution in [0, 0.1) is 12.8 Å². The fraction of sp³-hybridized carbons (Fsp3) is 0.615. The molecule has 1 aromatic rings. The van der Waals surface area contributed by atoms with Crippen LogP contribution in [0.2, 0.25) is 0 Å². The van der Waals surface area contributed by atoms with E-state index in [4.69, 9.17) is 5.84 Å². The van der Waals surface area contributed by atoms with E-state index in [0.717, 1.165) is 0 Å². The Labute approximate surface area is 114 Å². The Morgan fingerprint density at radius 1 is 1.37 bits per heavy atom. The molecule has 0 bridgehead atoms. The molecule has 6 nitrogen and oxygen atoms in total. The molecule has 0 spiro atoms. The second kappa shape index (κ2) is 6.47. The van der Waals surface area contributed by atoms with Crippen molar-refractivity contribution in [3.05, 3.63) is 17.5 Å². The van der Waals surface area contributed by atoms with E-state index in [1.165, 1.54) is 0 Å². The van der Waals surface area contributed by atoms with Gasteiger partial charge in [-0.1, -0.05) is 13.8 Å². The summed E-state index contributed by atoms with van der Waals surface area (Å²) in [5.74, 6) is 5.88. The number of nitrogens with zero attached hydrogens (tertiary/aromatic N) is 3. The maximum Gasteiger partial charge on any atom is 0.272 e. The number of aromatic nitrogens is 2. The zero-order valence-corrected chi connectivity index (χ0v) is 12.3. The van der Waals surface area contributed by atoms with E-state index in [-0.39, 0.29) is 17.9 Å². The summed E-state index contributed by atoms with van der Waals surface area (Å²) in [6.07, 6.45) is 0. The Hall–Kier alpha value is -1.69. The number of carbonyl (C=O) groups is 1. The van der Waals surface area contributed by atoms with Gasteiger partial charge in [-0.15, -0.1) is 0 Å². The number of hydrogen-bond acceptors (Lipinski definition) is 5. The van der Waals surface area contributed by atoms with Crippen molar-refractivity contribution in [2.75, 3.05) is 12.0 Å². The van der Waals surface area contributed by atoms with Crippen molar-refractivity contribution in [2.45, 2.75) is 40.7 Å². The van der Waals surface area contributed by atoms with Crippen LogP contribution in [0.15, 0.2) is 6.07 Å². The number of anilines is 1. The van der Waals surface area contributed by atoms with Gasteiger partial charge in [-0.25, -0.2) is 15.8 Å². The monoisotopic (exact) mass is 265 g/mol. The highest BCUT2D eigenvalue weighted by Gasteiger charge is 2.21. The van der Waals surface area contributed by atoms with Crippen molar-refractivity contribution in [2.24, 2.45) is 11.8 Å². The third-order valence-electron chi connectivity index (χ3n) is 2.65. The predicted octanol–water partition coefficient (Wildman–Crippen LogP) is 1.58. The maximum atomic E-state index is 12.5. The fourth-order valence-corrected chi connectivity index (χ4v) is 1.81. The van der Waals surface area contributed by atoms with E-state index in [1.54, 1.807) is 6.07 Å². The third-order valence-corrected chi connectivity index (χ3v) is 2.65. The number of nitrogens with two attached hydrogens (primary N) is 1. The van der Waals surface area contributed by atoms with Gasteiger partial charge in [-0.2, -0.15) is 0 Å². The summed E-state index contributed by atoms with van der Waals surface area (Å²) in [5.41, 5.74) is 3.46. The molecule has 0 aliphatic heterocycles. The molecule has 0 fully saturated rings. The van der Waals surface area contributed by atoms with Gasteiger partial charge in [0.1, 0.15) is 5.69 Å². The molecule has 0 atom stereocenters. The van der Waals surface area contributed by atoms with Gasteiger partial charge in [0.05, 0.1) is 0 Å². The molecule has 1 amide bonds. The summed E-state index contributed by atoms with van der Waals surface area (Å²) in [7, 11) is 0. The minimum absolute atomic E-state index is 0.0919. The predicted molar refractivity (Wildman–Crippen MR) is 75.6 cm³/mol. The van der Waals surface area contributed by atoms with Crippen molar-refractivity contribution in [3.63, 3.8) is 0 Å². The molecule has 0 radical (unpaired) electrons. The van der Waals surface area contributed by atoms with Gasteiger partial charge in [0.2, 0.25) is 5.95 Å². The minimum atomic E-state index is -0.0919. The smallest absolute Gasteiger partial charge is 0.272 e. The van der Waals surface area contributed by atoms with Gasteiger partial charge in [-0.3, -0.25) is 10.2 Å². The molecule has 3 N–H and O–H groups in total. The summed E-state index contributed by atoms with van der Waals surface area (Å²) in [5, 5.41) is 0. The van der Waals surface area contributed by atoms with E-state index >= 15 is 0 Å². The average Bonchev–Trinajstić information content (AvgIpc) is 2.33. The Balaban J connectivity index is 3.05. The van der Waals surface area contributed by atoms with E-state index in [9.17, 15) is 4.79 Å². The highest BCUT2D eigenvalue weighted by atomic mass is 16.2. The number of nitrogen functional groups attached to an aromatic ring is 1. The molecule has 0 saturated carbocycles. The SMILES string of the molecule is Cc1cc(C(=O)N(CC(C)C)C(C)C)nc(NN)n1. The van der Waals surface area contributed by atoms with E-state index in [0.29, 0.717) is 23.9 Å². The lowest BCUT2D eigenvalue weighted by molar-refractivity contribution is 0.0675. The molecular formula is C13H23N5O. The molecule has 106 valence electrons. The van der Waals surface area contributed by atoms with Crippen LogP contribution in [0.4, 0.5) is 5.95 Å². The van der Waals surface area contributed by atoms with Gasteiger partial charge in [-0.05, 0) is 32.8 Å². The average molecular weight is 265 g/mol. The van der Waals surface area contributed by atoms with E-state index in [1.807, 2.05) is 25.7 Å². The molecule has 6 heteroatoms. The largest absolute Gasteiger partial charge is 0.335 e. The number of amides is 1. The van der Waals surface area contributed by atoms with Gasteiger partial charge in [0.25, 0.3) is 5.91 Å². The van der Waals surface area contributed by atoms with Crippen LogP contribution in [0.25, 0.3) is 0 Å². The lowest BCUT2D eigenvalue weighted by Crippen LogP contribution is -2.40. The lowest BCUT2D eigenvalue weighted by atomic mass is 10.1. The highest BCUT2D eigenvalue weighted by molar-refractivity contribution is 5.92. The number of hydrogen-bond donors (Lipinski definition) is 2. The van der Waals surface area contributed by atoms with Crippen molar-refractivity contribution in [1.82, 2.24) is 14.9 Å². The maximum absolute atomic E-state index is 12.5. The van der Waals surface area contributed by atoms with Crippen LogP contribution in [0.1, 0.15) is 43.9 Å². The fourth-order valence-electron chi connectivity index (χ4n) is 1.81. The molecule has 0 aliphatic carbocycles. The Morgan fingerprint density at radius 3 is 2.47 bits per heavy atom. The molecule has 0 saturated heterocycles. The van der Waals surface area contributed by atoms with Crippen LogP contribution >= 0.6 is 0 Å². The Morgan fingerprint density at radius 2 is 2.00 bits per heavy atom. The molecule has 0 unspecified atom stereocenters. The number of aryl methyl sites for hydroxylation is 1. The topological polar surface area (TPSA) is 84.1 Å². The Kier molecular flexibility index (Phi) is 5.23. The van der Waals surface area contributed by atoms with Crippen LogP contribution < -0.4 is 11.3 Å². The number of nitrogens with one attached hydrogen (secondary N) is 1. The van der Waals surface area contributed by atoms with E-state index in [2.05, 4.69) is 29.2 Å². The van der Waals surface area contributed by atoms with Crippen LogP contribution in [-0.2, 0) is 0 Å². The summed E-state index contributed by atoms with van der Waals surface area (Å²) >= 11 is 0. The quantitative estimate of drug-likeness (QED) is 0.623. The van der Waals surface area contributed by atoms with Gasteiger partial charge >= 0.3 is 0 Å². The number of rotatable bonds is 5. The highest BCUT2D eigenvalue weighted by Crippen LogP contribution is 2.12. The second-order valence-corrected chi connectivity index (χ2v) is 5.31. The summed E-state index contributed by atoms with van der Waals surface area (Å²) in [6.45, 7) is 10.7. The van der Waals surface area contributed by atoms with Crippen molar-refractivity contribution < 1.29 is 4.79 Å². The molecule has 0 aromatic carbocycles. The molecule has 0 aliphatic rings. The molecular weight excluding hydrogens is 242 g/mol.